The fourth-order valence-electron chi connectivity index (χ4n) is 2.74. The molecule has 2 rings (SSSR count). The Bertz CT molecular complexity index is 388. The Morgan fingerprint density at radius 3 is 2.78 bits per heavy atom. The molecule has 0 aliphatic carbocycles. The lowest BCUT2D eigenvalue weighted by atomic mass is 9.92. The average Bonchev–Trinajstić information content (AvgIpc) is 2.62. The summed E-state index contributed by atoms with van der Waals surface area (Å²) in [6, 6.07) is 8.85. The molecule has 1 heterocycles. The summed E-state index contributed by atoms with van der Waals surface area (Å²) in [5.74, 6) is 0. The van der Waals surface area contributed by atoms with Crippen molar-refractivity contribution in [3.63, 3.8) is 0 Å². The number of nitrogens with one attached hydrogen (secondary N) is 1. The van der Waals surface area contributed by atoms with Crippen LogP contribution in [0.1, 0.15) is 33.1 Å². The molecule has 18 heavy (non-hydrogen) atoms. The molecule has 2 nitrogen and oxygen atoms in total. The highest BCUT2D eigenvalue weighted by Crippen LogP contribution is 2.25. The predicted molar refractivity (Wildman–Crippen MR) is 87.3 cm³/mol. The number of hydrogen-bond acceptors (Lipinski definition) is 2. The molecule has 1 aromatic carbocycles. The maximum absolute atomic E-state index is 3.77. The lowest BCUT2D eigenvalue weighted by Gasteiger charge is -2.36. The summed E-state index contributed by atoms with van der Waals surface area (Å²) < 4.78 is 1.32. The predicted octanol–water partition coefficient (Wildman–Crippen LogP) is 3.65. The van der Waals surface area contributed by atoms with E-state index in [-0.39, 0.29) is 5.54 Å². The molecular formula is C15H23IN2. The van der Waals surface area contributed by atoms with Crippen LogP contribution in [0.3, 0.4) is 0 Å². The second-order valence-electron chi connectivity index (χ2n) is 5.17. The van der Waals surface area contributed by atoms with Gasteiger partial charge >= 0.3 is 0 Å². The molecule has 0 spiro atoms. The SMILES string of the molecule is CCC1(CC)CN(c2cccc(I)c2)CCCN1. The third kappa shape index (κ3) is 3.18. The molecule has 1 N–H and O–H groups in total. The summed E-state index contributed by atoms with van der Waals surface area (Å²) in [5, 5.41) is 3.77. The van der Waals surface area contributed by atoms with E-state index < -0.39 is 0 Å². The Kier molecular flexibility index (Phi) is 4.90. The Labute approximate surface area is 124 Å². The van der Waals surface area contributed by atoms with Gasteiger partial charge in [-0.05, 0) is 66.6 Å². The van der Waals surface area contributed by atoms with Crippen molar-refractivity contribution in [2.24, 2.45) is 0 Å². The molecular weight excluding hydrogens is 335 g/mol. The molecule has 1 aliphatic rings. The van der Waals surface area contributed by atoms with E-state index in [1.54, 1.807) is 0 Å². The summed E-state index contributed by atoms with van der Waals surface area (Å²) in [4.78, 5) is 2.55. The van der Waals surface area contributed by atoms with E-state index >= 15 is 0 Å². The number of nitrogens with zero attached hydrogens (tertiary/aromatic N) is 1. The van der Waals surface area contributed by atoms with Gasteiger partial charge in [0, 0.05) is 27.9 Å². The van der Waals surface area contributed by atoms with Crippen LogP contribution in [0.2, 0.25) is 0 Å². The minimum atomic E-state index is 0.289. The molecule has 3 heteroatoms. The van der Waals surface area contributed by atoms with Gasteiger partial charge in [0.25, 0.3) is 0 Å². The maximum atomic E-state index is 3.77. The van der Waals surface area contributed by atoms with Crippen LogP contribution >= 0.6 is 22.6 Å². The molecule has 0 bridgehead atoms. The van der Waals surface area contributed by atoms with Gasteiger partial charge in [0.2, 0.25) is 0 Å². The van der Waals surface area contributed by atoms with Gasteiger partial charge in [0.15, 0.2) is 0 Å². The van der Waals surface area contributed by atoms with Gasteiger partial charge in [-0.25, -0.2) is 0 Å². The normalized spacial score (nSPS) is 19.6. The minimum absolute atomic E-state index is 0.289. The van der Waals surface area contributed by atoms with Crippen LogP contribution in [0, 0.1) is 3.57 Å². The smallest absolute Gasteiger partial charge is 0.0377 e. The summed E-state index contributed by atoms with van der Waals surface area (Å²) in [5.41, 5.74) is 1.66. The fraction of sp³-hybridized carbons (Fsp3) is 0.600. The summed E-state index contributed by atoms with van der Waals surface area (Å²) in [6.45, 7) is 8.03. The van der Waals surface area contributed by atoms with E-state index in [2.05, 4.69) is 70.9 Å². The zero-order valence-electron chi connectivity index (χ0n) is 11.4. The van der Waals surface area contributed by atoms with Crippen molar-refractivity contribution in [1.29, 1.82) is 0 Å². The van der Waals surface area contributed by atoms with Crippen LogP contribution in [0.15, 0.2) is 24.3 Å². The first-order valence-electron chi connectivity index (χ1n) is 6.94. The first-order valence-corrected chi connectivity index (χ1v) is 8.02. The van der Waals surface area contributed by atoms with E-state index in [0.29, 0.717) is 0 Å². The lowest BCUT2D eigenvalue weighted by Crippen LogP contribution is -2.50. The third-order valence-electron chi connectivity index (χ3n) is 4.13. The average molecular weight is 358 g/mol. The van der Waals surface area contributed by atoms with Gasteiger partial charge in [0.05, 0.1) is 0 Å². The third-order valence-corrected chi connectivity index (χ3v) is 4.80. The molecule has 0 saturated carbocycles. The van der Waals surface area contributed by atoms with Crippen LogP contribution in [0.5, 0.6) is 0 Å². The highest BCUT2D eigenvalue weighted by Gasteiger charge is 2.30. The van der Waals surface area contributed by atoms with Crippen molar-refractivity contribution < 1.29 is 0 Å². The summed E-state index contributed by atoms with van der Waals surface area (Å²) >= 11 is 2.40. The zero-order chi connectivity index (χ0) is 13.0. The Balaban J connectivity index is 2.21. The van der Waals surface area contributed by atoms with Gasteiger partial charge in [-0.2, -0.15) is 0 Å². The van der Waals surface area contributed by atoms with E-state index in [9.17, 15) is 0 Å². The Morgan fingerprint density at radius 2 is 2.11 bits per heavy atom. The fourth-order valence-corrected chi connectivity index (χ4v) is 3.27. The Morgan fingerprint density at radius 1 is 1.33 bits per heavy atom. The lowest BCUT2D eigenvalue weighted by molar-refractivity contribution is 0.321. The number of anilines is 1. The monoisotopic (exact) mass is 358 g/mol. The number of rotatable bonds is 3. The molecule has 0 unspecified atom stereocenters. The second kappa shape index (κ2) is 6.24. The summed E-state index contributed by atoms with van der Waals surface area (Å²) in [6.07, 6.45) is 3.63. The Hall–Kier alpha value is -0.290. The van der Waals surface area contributed by atoms with Crippen LogP contribution in [0.4, 0.5) is 5.69 Å². The zero-order valence-corrected chi connectivity index (χ0v) is 13.5. The number of hydrogen-bond donors (Lipinski definition) is 1. The molecule has 1 fully saturated rings. The number of halogens is 1. The molecule has 1 aromatic rings. The molecule has 100 valence electrons. The van der Waals surface area contributed by atoms with E-state index in [4.69, 9.17) is 0 Å². The number of benzene rings is 1. The highest BCUT2D eigenvalue weighted by atomic mass is 127. The van der Waals surface area contributed by atoms with Gasteiger partial charge in [-0.3, -0.25) is 0 Å². The van der Waals surface area contributed by atoms with Crippen LogP contribution in [-0.2, 0) is 0 Å². The molecule has 0 amide bonds. The van der Waals surface area contributed by atoms with E-state index in [1.807, 2.05) is 0 Å². The van der Waals surface area contributed by atoms with Crippen molar-refractivity contribution in [1.82, 2.24) is 5.32 Å². The van der Waals surface area contributed by atoms with E-state index in [0.717, 1.165) is 19.6 Å². The van der Waals surface area contributed by atoms with Crippen molar-refractivity contribution in [3.8, 4) is 0 Å². The van der Waals surface area contributed by atoms with Crippen LogP contribution in [-0.4, -0.2) is 25.2 Å². The highest BCUT2D eigenvalue weighted by molar-refractivity contribution is 14.1. The summed E-state index contributed by atoms with van der Waals surface area (Å²) in [7, 11) is 0. The van der Waals surface area contributed by atoms with Gasteiger partial charge in [-0.1, -0.05) is 19.9 Å². The minimum Gasteiger partial charge on any atom is -0.370 e. The van der Waals surface area contributed by atoms with Gasteiger partial charge < -0.3 is 10.2 Å². The van der Waals surface area contributed by atoms with Crippen molar-refractivity contribution in [2.75, 3.05) is 24.5 Å². The molecule has 0 radical (unpaired) electrons. The quantitative estimate of drug-likeness (QED) is 0.830. The molecule has 1 saturated heterocycles. The van der Waals surface area contributed by atoms with E-state index in [1.165, 1.54) is 28.5 Å². The second-order valence-corrected chi connectivity index (χ2v) is 6.41. The first kappa shape index (κ1) is 14.1. The van der Waals surface area contributed by atoms with Crippen LogP contribution in [0.25, 0.3) is 0 Å². The topological polar surface area (TPSA) is 15.3 Å². The van der Waals surface area contributed by atoms with Crippen LogP contribution < -0.4 is 10.2 Å². The largest absolute Gasteiger partial charge is 0.370 e. The molecule has 1 aliphatic heterocycles. The van der Waals surface area contributed by atoms with Gasteiger partial charge in [0.1, 0.15) is 0 Å². The van der Waals surface area contributed by atoms with Crippen molar-refractivity contribution >= 4 is 28.3 Å². The molecule has 0 aromatic heterocycles. The first-order chi connectivity index (χ1) is 8.69. The molecule has 0 atom stereocenters. The van der Waals surface area contributed by atoms with Crippen molar-refractivity contribution in [3.05, 3.63) is 27.8 Å². The van der Waals surface area contributed by atoms with Gasteiger partial charge in [-0.15, -0.1) is 0 Å². The van der Waals surface area contributed by atoms with Crippen molar-refractivity contribution in [2.45, 2.75) is 38.6 Å². The standard InChI is InChI=1S/C15H23IN2/c1-3-15(4-2)12-18(10-6-9-17-15)14-8-5-7-13(16)11-14/h5,7-8,11,17H,3-4,6,9-10,12H2,1-2H3. The maximum Gasteiger partial charge on any atom is 0.0377 e.